The van der Waals surface area contributed by atoms with Crippen LogP contribution in [0.25, 0.3) is 0 Å². The zero-order valence-corrected chi connectivity index (χ0v) is 10.2. The van der Waals surface area contributed by atoms with E-state index in [0.717, 1.165) is 38.8 Å². The zero-order chi connectivity index (χ0) is 11.3. The molecule has 1 amide bonds. The van der Waals surface area contributed by atoms with Gasteiger partial charge in [0.15, 0.2) is 0 Å². The minimum absolute atomic E-state index is 0.0262. The summed E-state index contributed by atoms with van der Waals surface area (Å²) < 4.78 is 0. The Kier molecular flexibility index (Phi) is 4.58. The van der Waals surface area contributed by atoms with Crippen molar-refractivity contribution in [3.8, 4) is 0 Å². The standard InChI is InChI=1S/C12H24N2O/c1-4-12(2,3)9-14-10-7-5-6-8-13-11(10)15/h10,14H,4-9H2,1-3H3,(H,13,15). The van der Waals surface area contributed by atoms with Crippen LogP contribution in [0.5, 0.6) is 0 Å². The number of rotatable bonds is 4. The number of carbonyl (C=O) groups excluding carboxylic acids is 1. The summed E-state index contributed by atoms with van der Waals surface area (Å²) in [5.41, 5.74) is 0.284. The molecule has 3 heteroatoms. The van der Waals surface area contributed by atoms with Crippen LogP contribution in [-0.4, -0.2) is 25.0 Å². The van der Waals surface area contributed by atoms with Crippen LogP contribution < -0.4 is 10.6 Å². The molecule has 1 aliphatic heterocycles. The van der Waals surface area contributed by atoms with Gasteiger partial charge in [-0.25, -0.2) is 0 Å². The third-order valence-electron chi connectivity index (χ3n) is 3.32. The lowest BCUT2D eigenvalue weighted by Gasteiger charge is -2.26. The van der Waals surface area contributed by atoms with Gasteiger partial charge in [-0.15, -0.1) is 0 Å². The van der Waals surface area contributed by atoms with E-state index in [1.165, 1.54) is 0 Å². The highest BCUT2D eigenvalue weighted by Crippen LogP contribution is 2.18. The van der Waals surface area contributed by atoms with Crippen LogP contribution in [0, 0.1) is 5.41 Å². The van der Waals surface area contributed by atoms with Gasteiger partial charge in [-0.2, -0.15) is 0 Å². The summed E-state index contributed by atoms with van der Waals surface area (Å²) in [6.07, 6.45) is 4.37. The average molecular weight is 212 g/mol. The van der Waals surface area contributed by atoms with Crippen LogP contribution in [0.1, 0.15) is 46.5 Å². The highest BCUT2D eigenvalue weighted by atomic mass is 16.2. The van der Waals surface area contributed by atoms with E-state index < -0.39 is 0 Å². The SMILES string of the molecule is CCC(C)(C)CNC1CCCCNC1=O. The number of nitrogens with one attached hydrogen (secondary N) is 2. The first kappa shape index (κ1) is 12.5. The maximum atomic E-state index is 11.6. The largest absolute Gasteiger partial charge is 0.355 e. The van der Waals surface area contributed by atoms with Crippen molar-refractivity contribution >= 4 is 5.91 Å². The summed E-state index contributed by atoms with van der Waals surface area (Å²) in [6.45, 7) is 8.41. The molecular formula is C12H24N2O. The van der Waals surface area contributed by atoms with Gasteiger partial charge in [0.2, 0.25) is 5.91 Å². The zero-order valence-electron chi connectivity index (χ0n) is 10.2. The lowest BCUT2D eigenvalue weighted by Crippen LogP contribution is -2.45. The van der Waals surface area contributed by atoms with Crippen LogP contribution in [-0.2, 0) is 4.79 Å². The lowest BCUT2D eigenvalue weighted by atomic mass is 9.90. The Hall–Kier alpha value is -0.570. The molecule has 0 saturated carbocycles. The molecule has 1 aliphatic rings. The maximum Gasteiger partial charge on any atom is 0.237 e. The van der Waals surface area contributed by atoms with Crippen LogP contribution in [0.2, 0.25) is 0 Å². The van der Waals surface area contributed by atoms with Crippen molar-refractivity contribution in [2.24, 2.45) is 5.41 Å². The summed E-state index contributed by atoms with van der Waals surface area (Å²) in [5.74, 6) is 0.180. The van der Waals surface area contributed by atoms with Crippen LogP contribution in [0.3, 0.4) is 0 Å². The molecule has 3 nitrogen and oxygen atoms in total. The van der Waals surface area contributed by atoms with E-state index in [9.17, 15) is 4.79 Å². The molecule has 1 fully saturated rings. The molecule has 0 aromatic heterocycles. The van der Waals surface area contributed by atoms with Gasteiger partial charge in [0, 0.05) is 13.1 Å². The first-order valence-corrected chi connectivity index (χ1v) is 6.06. The van der Waals surface area contributed by atoms with Gasteiger partial charge >= 0.3 is 0 Å². The predicted molar refractivity (Wildman–Crippen MR) is 62.7 cm³/mol. The lowest BCUT2D eigenvalue weighted by molar-refractivity contribution is -0.122. The Morgan fingerprint density at radius 2 is 2.20 bits per heavy atom. The second kappa shape index (κ2) is 5.50. The number of hydrogen-bond donors (Lipinski definition) is 2. The van der Waals surface area contributed by atoms with Gasteiger partial charge in [0.1, 0.15) is 0 Å². The molecule has 0 radical (unpaired) electrons. The monoisotopic (exact) mass is 212 g/mol. The molecule has 0 aromatic carbocycles. The summed E-state index contributed by atoms with van der Waals surface area (Å²) >= 11 is 0. The number of amides is 1. The van der Waals surface area contributed by atoms with E-state index >= 15 is 0 Å². The summed E-state index contributed by atoms with van der Waals surface area (Å²) in [7, 11) is 0. The smallest absolute Gasteiger partial charge is 0.237 e. The van der Waals surface area contributed by atoms with Crippen LogP contribution in [0.15, 0.2) is 0 Å². The van der Waals surface area contributed by atoms with Crippen molar-refractivity contribution in [2.75, 3.05) is 13.1 Å². The van der Waals surface area contributed by atoms with Gasteiger partial charge in [0.05, 0.1) is 6.04 Å². The Morgan fingerprint density at radius 1 is 1.47 bits per heavy atom. The van der Waals surface area contributed by atoms with Crippen molar-refractivity contribution < 1.29 is 4.79 Å². The molecule has 0 aromatic rings. The number of hydrogen-bond acceptors (Lipinski definition) is 2. The van der Waals surface area contributed by atoms with E-state index in [4.69, 9.17) is 0 Å². The third kappa shape index (κ3) is 4.20. The predicted octanol–water partition coefficient (Wildman–Crippen LogP) is 1.68. The third-order valence-corrected chi connectivity index (χ3v) is 3.32. The van der Waals surface area contributed by atoms with Crippen LogP contribution >= 0.6 is 0 Å². The van der Waals surface area contributed by atoms with Gasteiger partial charge in [0.25, 0.3) is 0 Å². The van der Waals surface area contributed by atoms with E-state index in [1.54, 1.807) is 0 Å². The molecule has 1 unspecified atom stereocenters. The molecule has 88 valence electrons. The molecule has 1 heterocycles. The van der Waals surface area contributed by atoms with Crippen LogP contribution in [0.4, 0.5) is 0 Å². The fourth-order valence-electron chi connectivity index (χ4n) is 1.66. The average Bonchev–Trinajstić information content (AvgIpc) is 2.40. The van der Waals surface area contributed by atoms with Gasteiger partial charge in [-0.05, 0) is 31.1 Å². The first-order chi connectivity index (χ1) is 7.05. The Labute approximate surface area is 93.0 Å². The van der Waals surface area contributed by atoms with Crippen molar-refractivity contribution in [2.45, 2.75) is 52.5 Å². The fourth-order valence-corrected chi connectivity index (χ4v) is 1.66. The molecule has 2 N–H and O–H groups in total. The first-order valence-electron chi connectivity index (χ1n) is 6.06. The minimum Gasteiger partial charge on any atom is -0.355 e. The van der Waals surface area contributed by atoms with E-state index in [-0.39, 0.29) is 17.4 Å². The van der Waals surface area contributed by atoms with Crippen molar-refractivity contribution in [3.63, 3.8) is 0 Å². The highest BCUT2D eigenvalue weighted by molar-refractivity contribution is 5.81. The highest BCUT2D eigenvalue weighted by Gasteiger charge is 2.23. The quantitative estimate of drug-likeness (QED) is 0.744. The maximum absolute atomic E-state index is 11.6. The van der Waals surface area contributed by atoms with Crippen molar-refractivity contribution in [1.82, 2.24) is 10.6 Å². The van der Waals surface area contributed by atoms with Gasteiger partial charge < -0.3 is 10.6 Å². The minimum atomic E-state index is 0.0262. The molecule has 0 bridgehead atoms. The summed E-state index contributed by atoms with van der Waals surface area (Å²) in [6, 6.07) is 0.0262. The van der Waals surface area contributed by atoms with E-state index in [2.05, 4.69) is 31.4 Å². The summed E-state index contributed by atoms with van der Waals surface area (Å²) in [5, 5.41) is 6.34. The van der Waals surface area contributed by atoms with Crippen molar-refractivity contribution in [3.05, 3.63) is 0 Å². The normalized spacial score (nSPS) is 23.4. The molecule has 0 spiro atoms. The summed E-state index contributed by atoms with van der Waals surface area (Å²) in [4.78, 5) is 11.6. The Bertz CT molecular complexity index is 214. The topological polar surface area (TPSA) is 41.1 Å². The second-order valence-electron chi connectivity index (χ2n) is 5.24. The molecular weight excluding hydrogens is 188 g/mol. The molecule has 1 rings (SSSR count). The molecule has 1 saturated heterocycles. The van der Waals surface area contributed by atoms with Crippen molar-refractivity contribution in [1.29, 1.82) is 0 Å². The second-order valence-corrected chi connectivity index (χ2v) is 5.24. The Morgan fingerprint density at radius 3 is 2.87 bits per heavy atom. The van der Waals surface area contributed by atoms with Gasteiger partial charge in [-0.3, -0.25) is 4.79 Å². The fraction of sp³-hybridized carbons (Fsp3) is 0.917. The molecule has 0 aliphatic carbocycles. The molecule has 15 heavy (non-hydrogen) atoms. The Balaban J connectivity index is 2.39. The number of carbonyl (C=O) groups is 1. The van der Waals surface area contributed by atoms with Gasteiger partial charge in [-0.1, -0.05) is 20.8 Å². The molecule has 1 atom stereocenters. The van der Waals surface area contributed by atoms with E-state index in [1.807, 2.05) is 0 Å². The van der Waals surface area contributed by atoms with E-state index in [0.29, 0.717) is 0 Å².